The van der Waals surface area contributed by atoms with Gasteiger partial charge in [0.2, 0.25) is 10.0 Å². The Labute approximate surface area is 113 Å². The first kappa shape index (κ1) is 13.8. The first-order valence-corrected chi connectivity index (χ1v) is 7.56. The molecule has 1 aromatic heterocycles. The fraction of sp³-hybridized carbons (Fsp3) is 0.286. The predicted molar refractivity (Wildman–Crippen MR) is 74.5 cm³/mol. The van der Waals surface area contributed by atoms with Crippen LogP contribution in [0.2, 0.25) is 0 Å². The van der Waals surface area contributed by atoms with Crippen molar-refractivity contribution in [3.05, 3.63) is 42.2 Å². The molecule has 0 radical (unpaired) electrons. The zero-order valence-corrected chi connectivity index (χ0v) is 12.0. The topological polar surface area (TPSA) is 59.3 Å². The number of benzene rings is 1. The maximum absolute atomic E-state index is 11.8. The van der Waals surface area contributed by atoms with Gasteiger partial charge in [-0.05, 0) is 31.3 Å². The van der Waals surface area contributed by atoms with Gasteiger partial charge in [-0.2, -0.15) is 0 Å². The van der Waals surface area contributed by atoms with Crippen LogP contribution in [0, 0.1) is 0 Å². The molecule has 2 rings (SSSR count). The fourth-order valence-corrected chi connectivity index (χ4v) is 2.53. The molecule has 5 heteroatoms. The molecule has 1 aromatic carbocycles. The lowest BCUT2D eigenvalue weighted by atomic mass is 10.1. The van der Waals surface area contributed by atoms with Crippen molar-refractivity contribution in [2.45, 2.75) is 24.7 Å². The zero-order chi connectivity index (χ0) is 14.0. The van der Waals surface area contributed by atoms with Crippen molar-refractivity contribution in [3.8, 4) is 11.3 Å². The van der Waals surface area contributed by atoms with Crippen LogP contribution in [0.4, 0.5) is 0 Å². The second-order valence-corrected chi connectivity index (χ2v) is 6.48. The maximum Gasteiger partial charge on any atom is 0.240 e. The van der Waals surface area contributed by atoms with Crippen LogP contribution in [-0.2, 0) is 10.0 Å². The summed E-state index contributed by atoms with van der Waals surface area (Å²) < 4.78 is 31.5. The number of hydrogen-bond donors (Lipinski definition) is 1. The summed E-state index contributed by atoms with van der Waals surface area (Å²) in [6, 6.07) is 10.5. The van der Waals surface area contributed by atoms with Gasteiger partial charge >= 0.3 is 0 Å². The molecule has 0 amide bonds. The van der Waals surface area contributed by atoms with E-state index in [0.29, 0.717) is 11.7 Å². The lowest BCUT2D eigenvalue weighted by Crippen LogP contribution is -2.18. The number of rotatable bonds is 4. The highest BCUT2D eigenvalue weighted by molar-refractivity contribution is 7.89. The third kappa shape index (κ3) is 2.88. The van der Waals surface area contributed by atoms with E-state index in [4.69, 9.17) is 4.42 Å². The lowest BCUT2D eigenvalue weighted by Gasteiger charge is -2.04. The number of sulfonamides is 1. The third-order valence-corrected chi connectivity index (χ3v) is 4.31. The molecule has 0 fully saturated rings. The summed E-state index contributed by atoms with van der Waals surface area (Å²) in [5, 5.41) is 0. The van der Waals surface area contributed by atoms with Gasteiger partial charge in [0.15, 0.2) is 0 Å². The van der Waals surface area contributed by atoms with E-state index in [2.05, 4.69) is 4.72 Å². The van der Waals surface area contributed by atoms with Crippen LogP contribution in [0.1, 0.15) is 25.5 Å². The number of nitrogens with one attached hydrogen (secondary N) is 1. The highest BCUT2D eigenvalue weighted by Gasteiger charge is 2.13. The smallest absolute Gasteiger partial charge is 0.240 e. The monoisotopic (exact) mass is 279 g/mol. The molecule has 0 saturated carbocycles. The molecule has 0 bridgehead atoms. The summed E-state index contributed by atoms with van der Waals surface area (Å²) in [7, 11) is -2.04. The zero-order valence-electron chi connectivity index (χ0n) is 11.2. The highest BCUT2D eigenvalue weighted by atomic mass is 32.2. The Bertz CT molecular complexity index is 672. The van der Waals surface area contributed by atoms with E-state index >= 15 is 0 Å². The Balaban J connectivity index is 2.43. The normalized spacial score (nSPS) is 12.0. The molecule has 0 aliphatic carbocycles. The Morgan fingerprint density at radius 2 is 1.89 bits per heavy atom. The highest BCUT2D eigenvalue weighted by Crippen LogP contribution is 2.27. The van der Waals surface area contributed by atoms with E-state index < -0.39 is 10.0 Å². The van der Waals surface area contributed by atoms with E-state index in [0.717, 1.165) is 11.3 Å². The Morgan fingerprint density at radius 1 is 1.16 bits per heavy atom. The van der Waals surface area contributed by atoms with Gasteiger partial charge in [0.1, 0.15) is 11.5 Å². The molecular weight excluding hydrogens is 262 g/mol. The van der Waals surface area contributed by atoms with Crippen molar-refractivity contribution in [1.29, 1.82) is 0 Å². The SMILES string of the molecule is CNS(=O)(=O)c1cccc(-c2ccc(C(C)C)o2)c1. The van der Waals surface area contributed by atoms with Gasteiger partial charge in [-0.25, -0.2) is 13.1 Å². The van der Waals surface area contributed by atoms with E-state index in [1.165, 1.54) is 7.05 Å². The molecule has 1 heterocycles. The largest absolute Gasteiger partial charge is 0.461 e. The molecule has 4 nitrogen and oxygen atoms in total. The summed E-state index contributed by atoms with van der Waals surface area (Å²) in [6.07, 6.45) is 0. The molecule has 0 spiro atoms. The summed E-state index contributed by atoms with van der Waals surface area (Å²) >= 11 is 0. The average molecular weight is 279 g/mol. The van der Waals surface area contributed by atoms with Crippen LogP contribution in [0.5, 0.6) is 0 Å². The fourth-order valence-electron chi connectivity index (χ4n) is 1.75. The van der Waals surface area contributed by atoms with E-state index in [9.17, 15) is 8.42 Å². The second kappa shape index (κ2) is 5.19. The van der Waals surface area contributed by atoms with Crippen LogP contribution in [0.3, 0.4) is 0 Å². The van der Waals surface area contributed by atoms with Crippen LogP contribution in [-0.4, -0.2) is 15.5 Å². The van der Waals surface area contributed by atoms with Crippen LogP contribution >= 0.6 is 0 Å². The molecule has 102 valence electrons. The van der Waals surface area contributed by atoms with Gasteiger partial charge in [0, 0.05) is 11.5 Å². The summed E-state index contributed by atoms with van der Waals surface area (Å²) in [5.74, 6) is 1.87. The standard InChI is InChI=1S/C14H17NO3S/c1-10(2)13-7-8-14(18-13)11-5-4-6-12(9-11)19(16,17)15-3/h4-10,15H,1-3H3. The van der Waals surface area contributed by atoms with Gasteiger partial charge in [0.25, 0.3) is 0 Å². The quantitative estimate of drug-likeness (QED) is 0.936. The van der Waals surface area contributed by atoms with E-state index in [1.54, 1.807) is 18.2 Å². The summed E-state index contributed by atoms with van der Waals surface area (Å²) in [4.78, 5) is 0.231. The van der Waals surface area contributed by atoms with Crippen molar-refractivity contribution in [2.75, 3.05) is 7.05 Å². The van der Waals surface area contributed by atoms with Gasteiger partial charge in [-0.15, -0.1) is 0 Å². The van der Waals surface area contributed by atoms with Crippen LogP contribution in [0.15, 0.2) is 45.7 Å². The van der Waals surface area contributed by atoms with Crippen LogP contribution < -0.4 is 4.72 Å². The van der Waals surface area contributed by atoms with Gasteiger partial charge in [-0.3, -0.25) is 0 Å². The molecule has 0 aliphatic heterocycles. The molecule has 2 aromatic rings. The second-order valence-electron chi connectivity index (χ2n) is 4.59. The van der Waals surface area contributed by atoms with Crippen molar-refractivity contribution in [3.63, 3.8) is 0 Å². The minimum atomic E-state index is -3.43. The predicted octanol–water partition coefficient (Wildman–Crippen LogP) is 2.98. The number of furan rings is 1. The molecule has 0 unspecified atom stereocenters. The third-order valence-electron chi connectivity index (χ3n) is 2.89. The van der Waals surface area contributed by atoms with Crippen molar-refractivity contribution >= 4 is 10.0 Å². The lowest BCUT2D eigenvalue weighted by molar-refractivity contribution is 0.498. The van der Waals surface area contributed by atoms with E-state index in [-0.39, 0.29) is 4.90 Å². The first-order chi connectivity index (χ1) is 8.94. The average Bonchev–Trinajstić information content (AvgIpc) is 2.89. The Hall–Kier alpha value is -1.59. The number of hydrogen-bond acceptors (Lipinski definition) is 3. The Kier molecular flexibility index (Phi) is 3.78. The molecule has 0 aliphatic rings. The molecule has 0 saturated heterocycles. The summed E-state index contributed by atoms with van der Waals surface area (Å²) in [6.45, 7) is 4.09. The molecule has 1 N–H and O–H groups in total. The molecule has 19 heavy (non-hydrogen) atoms. The maximum atomic E-state index is 11.8. The summed E-state index contributed by atoms with van der Waals surface area (Å²) in [5.41, 5.74) is 0.753. The van der Waals surface area contributed by atoms with Crippen molar-refractivity contribution in [1.82, 2.24) is 4.72 Å². The van der Waals surface area contributed by atoms with Crippen molar-refractivity contribution < 1.29 is 12.8 Å². The van der Waals surface area contributed by atoms with E-state index in [1.807, 2.05) is 32.0 Å². The minimum absolute atomic E-state index is 0.231. The van der Waals surface area contributed by atoms with Crippen molar-refractivity contribution in [2.24, 2.45) is 0 Å². The Morgan fingerprint density at radius 3 is 2.47 bits per heavy atom. The molecular formula is C14H17NO3S. The first-order valence-electron chi connectivity index (χ1n) is 6.08. The van der Waals surface area contributed by atoms with Gasteiger partial charge in [0.05, 0.1) is 4.90 Å². The van der Waals surface area contributed by atoms with Crippen LogP contribution in [0.25, 0.3) is 11.3 Å². The van der Waals surface area contributed by atoms with Gasteiger partial charge < -0.3 is 4.42 Å². The minimum Gasteiger partial charge on any atom is -0.461 e. The van der Waals surface area contributed by atoms with Gasteiger partial charge in [-0.1, -0.05) is 26.0 Å². The molecule has 0 atom stereocenters.